The summed E-state index contributed by atoms with van der Waals surface area (Å²) in [5.41, 5.74) is 7.26. The van der Waals surface area contributed by atoms with Crippen LogP contribution in [0.5, 0.6) is 0 Å². The number of aryl methyl sites for hydroxylation is 1. The highest BCUT2D eigenvalue weighted by molar-refractivity contribution is 6.01. The van der Waals surface area contributed by atoms with Crippen molar-refractivity contribution in [3.8, 4) is 0 Å². The van der Waals surface area contributed by atoms with E-state index in [1.807, 2.05) is 44.2 Å². The molecule has 3 amide bonds. The molecule has 2 aromatic rings. The highest BCUT2D eigenvalue weighted by Gasteiger charge is 2.51. The molecule has 8 nitrogen and oxygen atoms in total. The van der Waals surface area contributed by atoms with Gasteiger partial charge in [-0.2, -0.15) is 0 Å². The van der Waals surface area contributed by atoms with Crippen molar-refractivity contribution in [2.45, 2.75) is 71.1 Å². The van der Waals surface area contributed by atoms with E-state index < -0.39 is 29.0 Å². The minimum absolute atomic E-state index is 0.207. The third-order valence-corrected chi connectivity index (χ3v) is 7.32. The molecule has 0 radical (unpaired) electrons. The molecule has 2 atom stereocenters. The smallest absolute Gasteiger partial charge is 0.251 e. The van der Waals surface area contributed by atoms with E-state index in [-0.39, 0.29) is 24.6 Å². The highest BCUT2D eigenvalue weighted by Crippen LogP contribution is 2.44. The normalized spacial score (nSPS) is 19.8. The Kier molecular flexibility index (Phi) is 8.57. The minimum atomic E-state index is -1.10. The summed E-state index contributed by atoms with van der Waals surface area (Å²) < 4.78 is 0. The molecule has 5 N–H and O–H groups in total. The van der Waals surface area contributed by atoms with Crippen molar-refractivity contribution in [3.05, 3.63) is 82.4 Å². The van der Waals surface area contributed by atoms with Gasteiger partial charge in [-0.1, -0.05) is 36.4 Å². The fourth-order valence-electron chi connectivity index (χ4n) is 5.26. The van der Waals surface area contributed by atoms with Crippen molar-refractivity contribution in [3.63, 3.8) is 0 Å². The molecule has 8 heteroatoms. The van der Waals surface area contributed by atoms with Crippen LogP contribution in [0.2, 0.25) is 0 Å². The van der Waals surface area contributed by atoms with Crippen LogP contribution < -0.4 is 11.1 Å². The van der Waals surface area contributed by atoms with Crippen LogP contribution in [0.1, 0.15) is 67.6 Å². The first-order valence-corrected chi connectivity index (χ1v) is 12.8. The van der Waals surface area contributed by atoms with Gasteiger partial charge in [0, 0.05) is 23.3 Å². The number of carbonyl (C=O) groups excluding carboxylic acids is 3. The Morgan fingerprint density at radius 2 is 1.87 bits per heavy atom. The summed E-state index contributed by atoms with van der Waals surface area (Å²) in [6.07, 6.45) is 3.04. The Bertz CT molecular complexity index is 1260. The number of primary amides is 1. The largest absolute Gasteiger partial charge is 0.388 e. The average molecular weight is 519 g/mol. The van der Waals surface area contributed by atoms with Crippen molar-refractivity contribution in [2.24, 2.45) is 5.73 Å². The molecule has 0 saturated carbocycles. The van der Waals surface area contributed by atoms with Crippen molar-refractivity contribution in [1.29, 1.82) is 5.41 Å². The number of nitrogens with one attached hydrogen (secondary N) is 2. The van der Waals surface area contributed by atoms with Gasteiger partial charge in [0.25, 0.3) is 5.91 Å². The number of rotatable bonds is 9. The fourth-order valence-corrected chi connectivity index (χ4v) is 5.26. The molecule has 1 saturated heterocycles. The predicted molar refractivity (Wildman–Crippen MR) is 148 cm³/mol. The lowest BCUT2D eigenvalue weighted by molar-refractivity contribution is -0.142. The standard InChI is InChI=1S/C30H38N4O4/c1-19-15-22(12-11-21(19)17-23(27(32)36)16-20(2)31)28(37)33-18-26(35)34-25(29(3,4)38)13-14-30(34,5)24-9-7-6-8-10-24/h6-12,15-16,25,31,38H,13-14,17-18H2,1-5H3,(H2,32,36)(H,33,37)/b23-16-,31-20?/t25-,30+/m1/s1. The van der Waals surface area contributed by atoms with E-state index >= 15 is 0 Å². The molecule has 38 heavy (non-hydrogen) atoms. The van der Waals surface area contributed by atoms with E-state index in [4.69, 9.17) is 11.1 Å². The molecule has 202 valence electrons. The maximum Gasteiger partial charge on any atom is 0.251 e. The summed E-state index contributed by atoms with van der Waals surface area (Å²) in [5.74, 6) is -1.25. The van der Waals surface area contributed by atoms with Gasteiger partial charge < -0.3 is 26.5 Å². The van der Waals surface area contributed by atoms with Crippen LogP contribution >= 0.6 is 0 Å². The Morgan fingerprint density at radius 1 is 1.21 bits per heavy atom. The van der Waals surface area contributed by atoms with Gasteiger partial charge in [-0.25, -0.2) is 0 Å². The number of allylic oxidation sites excluding steroid dienone is 1. The van der Waals surface area contributed by atoms with Crippen molar-refractivity contribution >= 4 is 23.4 Å². The maximum absolute atomic E-state index is 13.6. The predicted octanol–water partition coefficient (Wildman–Crippen LogP) is 3.40. The number of likely N-dealkylation sites (tertiary alicyclic amines) is 1. The van der Waals surface area contributed by atoms with Crippen LogP contribution in [-0.4, -0.2) is 51.6 Å². The third kappa shape index (κ3) is 6.37. The van der Waals surface area contributed by atoms with Gasteiger partial charge in [0.05, 0.1) is 23.7 Å². The van der Waals surface area contributed by atoms with Crippen LogP contribution in [0.4, 0.5) is 0 Å². The number of nitrogens with zero attached hydrogens (tertiary/aromatic N) is 1. The van der Waals surface area contributed by atoms with Gasteiger partial charge in [0.2, 0.25) is 11.8 Å². The molecule has 1 fully saturated rings. The zero-order chi connectivity index (χ0) is 28.3. The van der Waals surface area contributed by atoms with Gasteiger partial charge in [-0.3, -0.25) is 14.4 Å². The second-order valence-corrected chi connectivity index (χ2v) is 10.8. The zero-order valence-corrected chi connectivity index (χ0v) is 22.8. The number of nitrogens with two attached hydrogens (primary N) is 1. The Morgan fingerprint density at radius 3 is 2.42 bits per heavy atom. The van der Waals surface area contributed by atoms with E-state index in [2.05, 4.69) is 5.32 Å². The molecule has 3 rings (SSSR count). The van der Waals surface area contributed by atoms with Gasteiger partial charge in [-0.15, -0.1) is 0 Å². The summed E-state index contributed by atoms with van der Waals surface area (Å²) in [6.45, 7) is 8.61. The monoisotopic (exact) mass is 518 g/mol. The summed E-state index contributed by atoms with van der Waals surface area (Å²) in [7, 11) is 0. The summed E-state index contributed by atoms with van der Waals surface area (Å²) >= 11 is 0. The lowest BCUT2D eigenvalue weighted by Crippen LogP contribution is -2.56. The highest BCUT2D eigenvalue weighted by atomic mass is 16.3. The maximum atomic E-state index is 13.6. The molecular weight excluding hydrogens is 480 g/mol. The first-order chi connectivity index (χ1) is 17.7. The van der Waals surface area contributed by atoms with Crippen LogP contribution in [0, 0.1) is 12.3 Å². The van der Waals surface area contributed by atoms with Gasteiger partial charge in [0.1, 0.15) is 0 Å². The van der Waals surface area contributed by atoms with Crippen molar-refractivity contribution < 1.29 is 19.5 Å². The third-order valence-electron chi connectivity index (χ3n) is 7.32. The van der Waals surface area contributed by atoms with Crippen LogP contribution in [-0.2, 0) is 21.5 Å². The van der Waals surface area contributed by atoms with E-state index in [0.29, 0.717) is 24.0 Å². The number of hydrogen-bond donors (Lipinski definition) is 4. The molecule has 0 spiro atoms. The van der Waals surface area contributed by atoms with Crippen LogP contribution in [0.15, 0.2) is 60.2 Å². The topological polar surface area (TPSA) is 137 Å². The SMILES string of the molecule is CC(=N)/C=C(/Cc1ccc(C(=O)NCC(=O)N2[C@@H](C(C)(C)O)CC[C@@]2(C)c2ccccc2)cc1C)C(N)=O. The summed E-state index contributed by atoms with van der Waals surface area (Å²) in [4.78, 5) is 40.0. The lowest BCUT2D eigenvalue weighted by Gasteiger charge is -2.43. The number of hydrogen-bond acceptors (Lipinski definition) is 5. The molecule has 0 aliphatic carbocycles. The Hall–Kier alpha value is -3.78. The fraction of sp³-hybridized carbons (Fsp3) is 0.400. The first-order valence-electron chi connectivity index (χ1n) is 12.8. The zero-order valence-electron chi connectivity index (χ0n) is 22.8. The molecule has 0 unspecified atom stereocenters. The van der Waals surface area contributed by atoms with E-state index in [1.165, 1.54) is 6.08 Å². The molecular formula is C30H38N4O4. The molecule has 0 aromatic heterocycles. The number of amides is 3. The van der Waals surface area contributed by atoms with Crippen molar-refractivity contribution in [2.75, 3.05) is 6.54 Å². The quantitative estimate of drug-likeness (QED) is 0.299. The number of benzene rings is 2. The average Bonchev–Trinajstić information content (AvgIpc) is 3.22. The van der Waals surface area contributed by atoms with Gasteiger partial charge in [0.15, 0.2) is 0 Å². The second kappa shape index (κ2) is 11.3. The summed E-state index contributed by atoms with van der Waals surface area (Å²) in [6, 6.07) is 14.5. The molecule has 0 bridgehead atoms. The second-order valence-electron chi connectivity index (χ2n) is 10.8. The first kappa shape index (κ1) is 28.8. The van der Waals surface area contributed by atoms with E-state index in [0.717, 1.165) is 16.7 Å². The number of carbonyl (C=O) groups is 3. The molecule has 1 aliphatic rings. The molecule has 2 aromatic carbocycles. The minimum Gasteiger partial charge on any atom is -0.388 e. The van der Waals surface area contributed by atoms with E-state index in [1.54, 1.807) is 43.9 Å². The van der Waals surface area contributed by atoms with Gasteiger partial charge in [-0.05, 0) is 82.4 Å². The van der Waals surface area contributed by atoms with Crippen LogP contribution in [0.25, 0.3) is 0 Å². The molecule has 1 heterocycles. The number of aliphatic hydroxyl groups is 1. The summed E-state index contributed by atoms with van der Waals surface area (Å²) in [5, 5.41) is 21.2. The van der Waals surface area contributed by atoms with Crippen molar-refractivity contribution in [1.82, 2.24) is 10.2 Å². The molecule has 1 aliphatic heterocycles. The van der Waals surface area contributed by atoms with Gasteiger partial charge >= 0.3 is 0 Å². The Balaban J connectivity index is 1.76. The van der Waals surface area contributed by atoms with Crippen LogP contribution in [0.3, 0.4) is 0 Å². The van der Waals surface area contributed by atoms with E-state index in [9.17, 15) is 19.5 Å². The Labute approximate surface area is 224 Å². The lowest BCUT2D eigenvalue weighted by atomic mass is 9.89.